The Kier molecular flexibility index (Phi) is 3.09. The van der Waals surface area contributed by atoms with E-state index in [0.717, 1.165) is 12.5 Å². The lowest BCUT2D eigenvalue weighted by Gasteiger charge is -2.40. The maximum atomic E-state index is 5.22. The third-order valence-corrected chi connectivity index (χ3v) is 5.70. The maximum Gasteiger partial charge on any atom is 0.0613 e. The Bertz CT molecular complexity index is 263. The minimum absolute atomic E-state index is 0.474. The quantitative estimate of drug-likeness (QED) is 0.794. The molecule has 2 aliphatic rings. The van der Waals surface area contributed by atoms with Crippen LogP contribution < -0.4 is 5.32 Å². The highest BCUT2D eigenvalue weighted by Gasteiger charge is 2.61. The fraction of sp³-hybridized carbons (Fsp3) is 1.00. The Hall–Kier alpha value is -0.0800. The van der Waals surface area contributed by atoms with E-state index in [0.29, 0.717) is 22.9 Å². The van der Waals surface area contributed by atoms with E-state index in [4.69, 9.17) is 4.74 Å². The molecular formula is C14H27NO. The summed E-state index contributed by atoms with van der Waals surface area (Å²) in [6.07, 6.45) is 4.18. The van der Waals surface area contributed by atoms with Gasteiger partial charge in [-0.15, -0.1) is 0 Å². The average Bonchev–Trinajstić information content (AvgIpc) is 2.51. The molecule has 2 nitrogen and oxygen atoms in total. The Morgan fingerprint density at radius 1 is 1.38 bits per heavy atom. The summed E-state index contributed by atoms with van der Waals surface area (Å²) in [4.78, 5) is 0. The largest absolute Gasteiger partial charge is 0.383 e. The molecule has 2 aliphatic carbocycles. The minimum Gasteiger partial charge on any atom is -0.383 e. The lowest BCUT2D eigenvalue weighted by Crippen LogP contribution is -2.48. The van der Waals surface area contributed by atoms with Crippen molar-refractivity contribution in [2.24, 2.45) is 16.7 Å². The zero-order valence-electron chi connectivity index (χ0n) is 11.5. The molecule has 0 aliphatic heterocycles. The normalized spacial score (nSPS) is 42.6. The molecule has 94 valence electrons. The number of hydrogen-bond donors (Lipinski definition) is 1. The summed E-state index contributed by atoms with van der Waals surface area (Å²) in [5.41, 5.74) is 0.997. The highest BCUT2D eigenvalue weighted by atomic mass is 16.5. The second-order valence-electron chi connectivity index (χ2n) is 6.69. The smallest absolute Gasteiger partial charge is 0.0613 e. The number of rotatable bonds is 4. The monoisotopic (exact) mass is 225 g/mol. The molecule has 2 saturated carbocycles. The van der Waals surface area contributed by atoms with Crippen molar-refractivity contribution in [3.8, 4) is 0 Å². The number of ether oxygens (including phenoxy) is 1. The molecule has 0 spiro atoms. The first-order chi connectivity index (χ1) is 7.41. The van der Waals surface area contributed by atoms with Gasteiger partial charge in [-0.05, 0) is 42.9 Å². The van der Waals surface area contributed by atoms with Crippen LogP contribution in [0.3, 0.4) is 0 Å². The Morgan fingerprint density at radius 2 is 2.06 bits per heavy atom. The highest BCUT2D eigenvalue weighted by Crippen LogP contribution is 2.65. The van der Waals surface area contributed by atoms with Crippen LogP contribution >= 0.6 is 0 Å². The Labute approximate surface area is 100 Å². The first-order valence-corrected chi connectivity index (χ1v) is 6.67. The summed E-state index contributed by atoms with van der Waals surface area (Å²) in [5.74, 6) is 0.921. The fourth-order valence-electron chi connectivity index (χ4n) is 4.10. The van der Waals surface area contributed by atoms with Gasteiger partial charge < -0.3 is 10.1 Å². The highest BCUT2D eigenvalue weighted by molar-refractivity contribution is 5.13. The molecule has 0 aromatic carbocycles. The van der Waals surface area contributed by atoms with Gasteiger partial charge >= 0.3 is 0 Å². The van der Waals surface area contributed by atoms with Crippen LogP contribution in [0.5, 0.6) is 0 Å². The molecule has 0 heterocycles. The summed E-state index contributed by atoms with van der Waals surface area (Å²) in [6, 6.07) is 1.16. The van der Waals surface area contributed by atoms with E-state index in [2.05, 4.69) is 33.0 Å². The number of nitrogens with one attached hydrogen (secondary N) is 1. The van der Waals surface area contributed by atoms with Gasteiger partial charge in [-0.2, -0.15) is 0 Å². The van der Waals surface area contributed by atoms with Gasteiger partial charge in [-0.1, -0.05) is 20.8 Å². The fourth-order valence-corrected chi connectivity index (χ4v) is 4.10. The van der Waals surface area contributed by atoms with Crippen LogP contribution in [-0.4, -0.2) is 25.8 Å². The van der Waals surface area contributed by atoms with Gasteiger partial charge in [0.15, 0.2) is 0 Å². The average molecular weight is 225 g/mol. The van der Waals surface area contributed by atoms with Crippen LogP contribution in [0.2, 0.25) is 0 Å². The SMILES string of the molecule is COCC(C)NC1CC2CCC1(C)C2(C)C. The van der Waals surface area contributed by atoms with Crippen molar-refractivity contribution >= 4 is 0 Å². The van der Waals surface area contributed by atoms with E-state index >= 15 is 0 Å². The molecule has 4 unspecified atom stereocenters. The second-order valence-corrected chi connectivity index (χ2v) is 6.69. The summed E-state index contributed by atoms with van der Waals surface area (Å²) in [6.45, 7) is 10.5. The summed E-state index contributed by atoms with van der Waals surface area (Å²) >= 11 is 0. The maximum absolute atomic E-state index is 5.22. The predicted molar refractivity (Wildman–Crippen MR) is 67.5 cm³/mol. The molecule has 2 bridgehead atoms. The van der Waals surface area contributed by atoms with Crippen molar-refractivity contribution in [1.29, 1.82) is 0 Å². The van der Waals surface area contributed by atoms with Gasteiger partial charge in [0.2, 0.25) is 0 Å². The van der Waals surface area contributed by atoms with Crippen molar-refractivity contribution in [2.45, 2.75) is 59.0 Å². The molecule has 2 rings (SSSR count). The number of hydrogen-bond acceptors (Lipinski definition) is 2. The van der Waals surface area contributed by atoms with Crippen molar-refractivity contribution < 1.29 is 4.74 Å². The number of fused-ring (bicyclic) bond motifs is 2. The molecule has 0 aromatic heterocycles. The first kappa shape index (κ1) is 12.4. The van der Waals surface area contributed by atoms with Crippen LogP contribution in [0.1, 0.15) is 47.0 Å². The van der Waals surface area contributed by atoms with Gasteiger partial charge in [-0.3, -0.25) is 0 Å². The van der Waals surface area contributed by atoms with Gasteiger partial charge in [-0.25, -0.2) is 0 Å². The van der Waals surface area contributed by atoms with E-state index < -0.39 is 0 Å². The molecule has 1 N–H and O–H groups in total. The standard InChI is InChI=1S/C14H27NO/c1-10(9-16-5)15-12-8-11-6-7-14(12,4)13(11,2)3/h10-12,15H,6-9H2,1-5H3. The van der Waals surface area contributed by atoms with Gasteiger partial charge in [0.1, 0.15) is 0 Å². The van der Waals surface area contributed by atoms with E-state index in [1.165, 1.54) is 19.3 Å². The molecule has 0 amide bonds. The molecule has 2 fully saturated rings. The van der Waals surface area contributed by atoms with E-state index in [9.17, 15) is 0 Å². The predicted octanol–water partition coefficient (Wildman–Crippen LogP) is 2.83. The van der Waals surface area contributed by atoms with Crippen LogP contribution in [0.4, 0.5) is 0 Å². The van der Waals surface area contributed by atoms with Crippen LogP contribution in [0.15, 0.2) is 0 Å². The van der Waals surface area contributed by atoms with Crippen molar-refractivity contribution in [3.63, 3.8) is 0 Å². The molecule has 0 radical (unpaired) electrons. The molecule has 16 heavy (non-hydrogen) atoms. The van der Waals surface area contributed by atoms with Crippen LogP contribution in [0.25, 0.3) is 0 Å². The molecule has 4 atom stereocenters. The number of methoxy groups -OCH3 is 1. The third-order valence-electron chi connectivity index (χ3n) is 5.70. The summed E-state index contributed by atoms with van der Waals surface area (Å²) < 4.78 is 5.22. The van der Waals surface area contributed by atoms with Crippen molar-refractivity contribution in [3.05, 3.63) is 0 Å². The minimum atomic E-state index is 0.474. The Morgan fingerprint density at radius 3 is 2.50 bits per heavy atom. The van der Waals surface area contributed by atoms with Gasteiger partial charge in [0.05, 0.1) is 6.61 Å². The second kappa shape index (κ2) is 3.99. The van der Waals surface area contributed by atoms with E-state index in [-0.39, 0.29) is 0 Å². The first-order valence-electron chi connectivity index (χ1n) is 6.67. The molecule has 2 heteroatoms. The zero-order chi connectivity index (χ0) is 12.0. The van der Waals surface area contributed by atoms with Crippen molar-refractivity contribution in [1.82, 2.24) is 5.32 Å². The lowest BCUT2D eigenvalue weighted by atomic mass is 9.69. The lowest BCUT2D eigenvalue weighted by molar-refractivity contribution is 0.101. The summed E-state index contributed by atoms with van der Waals surface area (Å²) in [5, 5.41) is 3.78. The Balaban J connectivity index is 2.04. The van der Waals surface area contributed by atoms with Crippen molar-refractivity contribution in [2.75, 3.05) is 13.7 Å². The van der Waals surface area contributed by atoms with Gasteiger partial charge in [0, 0.05) is 19.2 Å². The van der Waals surface area contributed by atoms with E-state index in [1.54, 1.807) is 7.11 Å². The van der Waals surface area contributed by atoms with Crippen LogP contribution in [-0.2, 0) is 4.74 Å². The molecule has 0 aromatic rings. The topological polar surface area (TPSA) is 21.3 Å². The third kappa shape index (κ3) is 1.62. The zero-order valence-corrected chi connectivity index (χ0v) is 11.5. The summed E-state index contributed by atoms with van der Waals surface area (Å²) in [7, 11) is 1.78. The molecule has 0 saturated heterocycles. The van der Waals surface area contributed by atoms with Crippen LogP contribution in [0, 0.1) is 16.7 Å². The van der Waals surface area contributed by atoms with E-state index in [1.807, 2.05) is 0 Å². The van der Waals surface area contributed by atoms with Gasteiger partial charge in [0.25, 0.3) is 0 Å². The molecular weight excluding hydrogens is 198 g/mol.